The molecule has 72 valence electrons. The molecule has 0 aliphatic carbocycles. The normalized spacial score (nSPS) is 21.2. The molecular weight excluding hydrogens is 189 g/mol. The largest absolute Gasteiger partial charge is 0.316 e. The van der Waals surface area contributed by atoms with Crippen molar-refractivity contribution in [2.24, 2.45) is 0 Å². The van der Waals surface area contributed by atoms with Gasteiger partial charge in [-0.3, -0.25) is 0 Å². The van der Waals surface area contributed by atoms with E-state index >= 15 is 0 Å². The summed E-state index contributed by atoms with van der Waals surface area (Å²) in [6, 6.07) is 6.91. The van der Waals surface area contributed by atoms with Gasteiger partial charge >= 0.3 is 0 Å². The van der Waals surface area contributed by atoms with E-state index in [0.717, 1.165) is 25.1 Å². The molecule has 1 heterocycles. The second-order valence-electron chi connectivity index (χ2n) is 3.24. The molecule has 1 N–H and O–H groups in total. The Kier molecular flexibility index (Phi) is 3.70. The van der Waals surface area contributed by atoms with Gasteiger partial charge in [0, 0.05) is 6.54 Å². The maximum atomic E-state index is 12.8. The quantitative estimate of drug-likeness (QED) is 0.736. The predicted octanol–water partition coefficient (Wildman–Crippen LogP) is 2.32. The summed E-state index contributed by atoms with van der Waals surface area (Å²) in [4.78, 5) is 0. The molecule has 0 amide bonds. The number of hydrogen-bond donors (Lipinski definition) is 1. The summed E-state index contributed by atoms with van der Waals surface area (Å²) in [5.74, 6) is 0.389. The van der Waals surface area contributed by atoms with Crippen molar-refractivity contribution in [1.29, 1.82) is 0 Å². The molecule has 0 aromatic heterocycles. The summed E-state index contributed by atoms with van der Waals surface area (Å²) in [7, 11) is 0. The van der Waals surface area contributed by atoms with Crippen LogP contribution in [-0.4, -0.2) is 13.1 Å². The van der Waals surface area contributed by atoms with Gasteiger partial charge in [0.15, 0.2) is 0 Å². The van der Waals surface area contributed by atoms with Crippen molar-refractivity contribution in [2.75, 3.05) is 13.1 Å². The van der Waals surface area contributed by atoms with Crippen LogP contribution in [0.15, 0.2) is 24.3 Å². The molecule has 0 unspecified atom stereocenters. The summed E-state index contributed by atoms with van der Waals surface area (Å²) in [5.41, 5.74) is 1.13. The van der Waals surface area contributed by atoms with Crippen molar-refractivity contribution in [1.82, 2.24) is 5.32 Å². The first kappa shape index (κ1) is 10.5. The fraction of sp³-hybridized carbons (Fsp3) is 0.400. The Labute approximate surface area is 83.8 Å². The zero-order valence-electron chi connectivity index (χ0n) is 7.29. The highest BCUT2D eigenvalue weighted by Crippen LogP contribution is 2.22. The van der Waals surface area contributed by atoms with E-state index < -0.39 is 0 Å². The van der Waals surface area contributed by atoms with Crippen LogP contribution in [-0.2, 0) is 0 Å². The van der Waals surface area contributed by atoms with Crippen molar-refractivity contribution < 1.29 is 4.39 Å². The van der Waals surface area contributed by atoms with Crippen LogP contribution in [0.1, 0.15) is 17.9 Å². The van der Waals surface area contributed by atoms with Crippen LogP contribution in [0.5, 0.6) is 0 Å². The van der Waals surface area contributed by atoms with E-state index in [1.807, 2.05) is 6.07 Å². The van der Waals surface area contributed by atoms with Gasteiger partial charge in [-0.2, -0.15) is 0 Å². The molecule has 1 fully saturated rings. The van der Waals surface area contributed by atoms with E-state index in [1.165, 1.54) is 6.07 Å². The third kappa shape index (κ3) is 2.42. The molecule has 1 atom stereocenters. The van der Waals surface area contributed by atoms with E-state index in [2.05, 4.69) is 5.32 Å². The Hall–Kier alpha value is -0.600. The van der Waals surface area contributed by atoms with E-state index in [1.54, 1.807) is 12.1 Å². The van der Waals surface area contributed by atoms with Gasteiger partial charge < -0.3 is 5.32 Å². The molecule has 1 nitrogen and oxygen atoms in total. The van der Waals surface area contributed by atoms with Crippen molar-refractivity contribution in [3.05, 3.63) is 35.6 Å². The molecular formula is C10H13ClFN. The summed E-state index contributed by atoms with van der Waals surface area (Å²) in [6.45, 7) is 2.05. The Morgan fingerprint density at radius 2 is 2.23 bits per heavy atom. The van der Waals surface area contributed by atoms with Crippen LogP contribution in [0.3, 0.4) is 0 Å². The van der Waals surface area contributed by atoms with E-state index in [0.29, 0.717) is 5.92 Å². The molecule has 1 aliphatic rings. The van der Waals surface area contributed by atoms with Crippen molar-refractivity contribution in [2.45, 2.75) is 12.3 Å². The zero-order valence-corrected chi connectivity index (χ0v) is 8.11. The van der Waals surface area contributed by atoms with Crippen LogP contribution in [0, 0.1) is 5.82 Å². The minimum Gasteiger partial charge on any atom is -0.316 e. The highest BCUT2D eigenvalue weighted by molar-refractivity contribution is 5.85. The summed E-state index contributed by atoms with van der Waals surface area (Å²) >= 11 is 0. The second kappa shape index (κ2) is 4.58. The van der Waals surface area contributed by atoms with Crippen LogP contribution in [0.4, 0.5) is 4.39 Å². The van der Waals surface area contributed by atoms with Gasteiger partial charge in [-0.1, -0.05) is 12.1 Å². The summed E-state index contributed by atoms with van der Waals surface area (Å²) in [5, 5.41) is 3.27. The van der Waals surface area contributed by atoms with Crippen LogP contribution in [0.2, 0.25) is 0 Å². The Balaban J connectivity index is 0.000000845. The lowest BCUT2D eigenvalue weighted by Crippen LogP contribution is -2.07. The van der Waals surface area contributed by atoms with Gasteiger partial charge in [-0.15, -0.1) is 12.4 Å². The fourth-order valence-electron chi connectivity index (χ4n) is 1.70. The van der Waals surface area contributed by atoms with Crippen molar-refractivity contribution in [3.63, 3.8) is 0 Å². The van der Waals surface area contributed by atoms with E-state index in [4.69, 9.17) is 0 Å². The Bertz CT molecular complexity index is 271. The lowest BCUT2D eigenvalue weighted by molar-refractivity contribution is 0.621. The Morgan fingerprint density at radius 1 is 1.38 bits per heavy atom. The second-order valence-corrected chi connectivity index (χ2v) is 3.24. The maximum absolute atomic E-state index is 12.8. The Morgan fingerprint density at radius 3 is 2.85 bits per heavy atom. The summed E-state index contributed by atoms with van der Waals surface area (Å²) in [6.07, 6.45) is 1.13. The monoisotopic (exact) mass is 201 g/mol. The standard InChI is InChI=1S/C10H12FN.ClH/c11-10-3-1-2-8(6-10)9-4-5-12-7-9;/h1-3,6,9,12H,4-5,7H2;1H/t9-;/m1./s1. The third-order valence-corrected chi connectivity index (χ3v) is 2.38. The molecule has 0 spiro atoms. The molecule has 0 saturated carbocycles. The summed E-state index contributed by atoms with van der Waals surface area (Å²) < 4.78 is 12.8. The van der Waals surface area contributed by atoms with Gasteiger partial charge in [-0.05, 0) is 36.6 Å². The lowest BCUT2D eigenvalue weighted by atomic mass is 9.99. The number of rotatable bonds is 1. The SMILES string of the molecule is Cl.Fc1cccc([C@@H]2CCNC2)c1. The van der Waals surface area contributed by atoms with E-state index in [9.17, 15) is 4.39 Å². The van der Waals surface area contributed by atoms with Crippen LogP contribution < -0.4 is 5.32 Å². The molecule has 1 aromatic rings. The zero-order chi connectivity index (χ0) is 8.39. The fourth-order valence-corrected chi connectivity index (χ4v) is 1.70. The molecule has 1 aliphatic heterocycles. The van der Waals surface area contributed by atoms with E-state index in [-0.39, 0.29) is 18.2 Å². The highest BCUT2D eigenvalue weighted by atomic mass is 35.5. The molecule has 13 heavy (non-hydrogen) atoms. The molecule has 2 rings (SSSR count). The predicted molar refractivity (Wildman–Crippen MR) is 53.9 cm³/mol. The minimum atomic E-state index is -0.126. The average Bonchev–Trinajstić information content (AvgIpc) is 2.56. The molecule has 3 heteroatoms. The van der Waals surface area contributed by atoms with Gasteiger partial charge in [0.05, 0.1) is 0 Å². The number of nitrogens with one attached hydrogen (secondary N) is 1. The smallest absolute Gasteiger partial charge is 0.123 e. The molecule has 1 aromatic carbocycles. The maximum Gasteiger partial charge on any atom is 0.123 e. The van der Waals surface area contributed by atoms with Gasteiger partial charge in [0.2, 0.25) is 0 Å². The van der Waals surface area contributed by atoms with Crippen molar-refractivity contribution in [3.8, 4) is 0 Å². The molecule has 1 saturated heterocycles. The lowest BCUT2D eigenvalue weighted by Gasteiger charge is -2.07. The average molecular weight is 202 g/mol. The topological polar surface area (TPSA) is 12.0 Å². The van der Waals surface area contributed by atoms with Gasteiger partial charge in [0.25, 0.3) is 0 Å². The first-order valence-corrected chi connectivity index (χ1v) is 4.32. The van der Waals surface area contributed by atoms with Crippen molar-refractivity contribution >= 4 is 12.4 Å². The van der Waals surface area contributed by atoms with Crippen LogP contribution >= 0.6 is 12.4 Å². The first-order chi connectivity index (χ1) is 5.86. The van der Waals surface area contributed by atoms with Gasteiger partial charge in [-0.25, -0.2) is 4.39 Å². The third-order valence-electron chi connectivity index (χ3n) is 2.38. The molecule has 0 bridgehead atoms. The van der Waals surface area contributed by atoms with Gasteiger partial charge in [0.1, 0.15) is 5.82 Å². The highest BCUT2D eigenvalue weighted by Gasteiger charge is 2.16. The number of halogens is 2. The minimum absolute atomic E-state index is 0. The number of benzene rings is 1. The number of hydrogen-bond acceptors (Lipinski definition) is 1. The van der Waals surface area contributed by atoms with Crippen LogP contribution in [0.25, 0.3) is 0 Å². The first-order valence-electron chi connectivity index (χ1n) is 4.32. The molecule has 0 radical (unpaired) electrons.